The minimum atomic E-state index is -3.78. The summed E-state index contributed by atoms with van der Waals surface area (Å²) in [6.07, 6.45) is 5.72. The van der Waals surface area contributed by atoms with Crippen molar-refractivity contribution in [2.75, 3.05) is 4.72 Å². The van der Waals surface area contributed by atoms with Crippen molar-refractivity contribution < 1.29 is 8.42 Å². The molecule has 0 aliphatic carbocycles. The van der Waals surface area contributed by atoms with E-state index in [1.54, 1.807) is 56.8 Å². The Morgan fingerprint density at radius 2 is 1.70 bits per heavy atom. The number of sulfonamides is 1. The zero-order chi connectivity index (χ0) is 23.6. The van der Waals surface area contributed by atoms with Crippen LogP contribution in [0.2, 0.25) is 0 Å². The zero-order valence-electron chi connectivity index (χ0n) is 19.0. The van der Waals surface area contributed by atoms with Gasteiger partial charge < -0.3 is 0 Å². The number of aromatic nitrogens is 4. The predicted octanol–water partition coefficient (Wildman–Crippen LogP) is 4.89. The molecule has 0 saturated carbocycles. The smallest absolute Gasteiger partial charge is 0.262 e. The number of rotatable bonds is 6. The molecule has 33 heavy (non-hydrogen) atoms. The van der Waals surface area contributed by atoms with Crippen LogP contribution in [0.1, 0.15) is 29.6 Å². The molecule has 0 fully saturated rings. The van der Waals surface area contributed by atoms with Crippen LogP contribution in [-0.4, -0.2) is 28.4 Å². The summed E-state index contributed by atoms with van der Waals surface area (Å²) in [5.41, 5.74) is 6.64. The molecule has 1 aromatic carbocycles. The van der Waals surface area contributed by atoms with E-state index in [4.69, 9.17) is 0 Å². The van der Waals surface area contributed by atoms with E-state index >= 15 is 0 Å². The van der Waals surface area contributed by atoms with Crippen LogP contribution >= 0.6 is 0 Å². The quantitative estimate of drug-likeness (QED) is 0.441. The van der Waals surface area contributed by atoms with Gasteiger partial charge in [0.15, 0.2) is 0 Å². The van der Waals surface area contributed by atoms with E-state index < -0.39 is 10.0 Å². The summed E-state index contributed by atoms with van der Waals surface area (Å²) in [7, 11) is -3.78. The average molecular weight is 460 g/mol. The third-order valence-electron chi connectivity index (χ3n) is 5.43. The molecule has 0 saturated heterocycles. The largest absolute Gasteiger partial charge is 0.278 e. The van der Waals surface area contributed by atoms with Gasteiger partial charge in [0.05, 0.1) is 27.7 Å². The Bertz CT molecular complexity index is 1430. The molecule has 0 radical (unpaired) electrons. The van der Waals surface area contributed by atoms with E-state index in [2.05, 4.69) is 24.7 Å². The third kappa shape index (κ3) is 4.61. The molecule has 168 valence electrons. The van der Waals surface area contributed by atoms with Crippen LogP contribution < -0.4 is 4.72 Å². The molecule has 0 bridgehead atoms. The molecule has 3 aromatic heterocycles. The number of pyridine rings is 2. The lowest BCUT2D eigenvalue weighted by atomic mass is 9.97. The van der Waals surface area contributed by atoms with Crippen LogP contribution in [-0.2, 0) is 16.4 Å². The molecule has 0 amide bonds. The Balaban J connectivity index is 1.84. The Labute approximate surface area is 194 Å². The number of benzene rings is 1. The standard InChI is InChI=1S/C25H25N5O2S/c1-5-21-24(25(29-15-28-21)19-10-11-26-17(3)12-19)20-13-22(18(4)27-14-20)30-33(31,32)23-9-7-6-8-16(23)2/h6-15,30H,5H2,1-4H3. The van der Waals surface area contributed by atoms with Crippen molar-refractivity contribution in [3.8, 4) is 22.4 Å². The summed E-state index contributed by atoms with van der Waals surface area (Å²) in [6.45, 7) is 7.50. The van der Waals surface area contributed by atoms with Crippen molar-refractivity contribution in [3.63, 3.8) is 0 Å². The Morgan fingerprint density at radius 3 is 2.42 bits per heavy atom. The molecule has 4 aromatic rings. The monoisotopic (exact) mass is 459 g/mol. The summed E-state index contributed by atoms with van der Waals surface area (Å²) in [5, 5.41) is 0. The first-order chi connectivity index (χ1) is 15.8. The second-order valence-corrected chi connectivity index (χ2v) is 9.46. The predicted molar refractivity (Wildman–Crippen MR) is 129 cm³/mol. The molecule has 1 N–H and O–H groups in total. The van der Waals surface area contributed by atoms with Crippen LogP contribution in [0.5, 0.6) is 0 Å². The minimum Gasteiger partial charge on any atom is -0.278 e. The third-order valence-corrected chi connectivity index (χ3v) is 6.96. The second kappa shape index (κ2) is 9.07. The highest BCUT2D eigenvalue weighted by Crippen LogP contribution is 2.34. The number of hydrogen-bond acceptors (Lipinski definition) is 6. The van der Waals surface area contributed by atoms with Crippen molar-refractivity contribution in [1.82, 2.24) is 19.9 Å². The molecule has 0 unspecified atom stereocenters. The Hall–Kier alpha value is -3.65. The molecule has 0 spiro atoms. The molecule has 7 nitrogen and oxygen atoms in total. The van der Waals surface area contributed by atoms with Gasteiger partial charge in [0.25, 0.3) is 10.0 Å². The SMILES string of the molecule is CCc1ncnc(-c2ccnc(C)c2)c1-c1cnc(C)c(NS(=O)(=O)c2ccccc2C)c1. The number of nitrogens with zero attached hydrogens (tertiary/aromatic N) is 4. The average Bonchev–Trinajstić information content (AvgIpc) is 2.80. The molecule has 3 heterocycles. The van der Waals surface area contributed by atoms with Crippen LogP contribution in [0, 0.1) is 20.8 Å². The Kier molecular flexibility index (Phi) is 6.20. The number of nitrogens with one attached hydrogen (secondary N) is 1. The highest BCUT2D eigenvalue weighted by atomic mass is 32.2. The van der Waals surface area contributed by atoms with Gasteiger partial charge in [0.1, 0.15) is 6.33 Å². The van der Waals surface area contributed by atoms with Crippen LogP contribution in [0.15, 0.2) is 66.1 Å². The van der Waals surface area contributed by atoms with Crippen molar-refractivity contribution >= 4 is 15.7 Å². The molecular formula is C25H25N5O2S. The van der Waals surface area contributed by atoms with E-state index in [0.29, 0.717) is 23.4 Å². The van der Waals surface area contributed by atoms with E-state index in [9.17, 15) is 8.42 Å². The lowest BCUT2D eigenvalue weighted by molar-refractivity contribution is 0.600. The maximum Gasteiger partial charge on any atom is 0.262 e. The van der Waals surface area contributed by atoms with Gasteiger partial charge in [-0.05, 0) is 57.0 Å². The number of anilines is 1. The number of hydrogen-bond donors (Lipinski definition) is 1. The first-order valence-corrected chi connectivity index (χ1v) is 12.1. The molecule has 0 aliphatic heterocycles. The fraction of sp³-hybridized carbons (Fsp3) is 0.200. The van der Waals surface area contributed by atoms with Crippen LogP contribution in [0.4, 0.5) is 5.69 Å². The van der Waals surface area contributed by atoms with E-state index in [1.807, 2.05) is 32.0 Å². The van der Waals surface area contributed by atoms with Gasteiger partial charge in [-0.25, -0.2) is 18.4 Å². The summed E-state index contributed by atoms with van der Waals surface area (Å²) in [6, 6.07) is 12.6. The van der Waals surface area contributed by atoms with E-state index in [1.165, 1.54) is 0 Å². The molecule has 0 atom stereocenters. The lowest BCUT2D eigenvalue weighted by Gasteiger charge is -2.16. The minimum absolute atomic E-state index is 0.236. The lowest BCUT2D eigenvalue weighted by Crippen LogP contribution is -2.15. The molecular weight excluding hydrogens is 434 g/mol. The van der Waals surface area contributed by atoms with Gasteiger partial charge in [-0.3, -0.25) is 14.7 Å². The summed E-state index contributed by atoms with van der Waals surface area (Å²) in [4.78, 5) is 18.0. The van der Waals surface area contributed by atoms with E-state index in [-0.39, 0.29) is 4.90 Å². The summed E-state index contributed by atoms with van der Waals surface area (Å²) >= 11 is 0. The maximum atomic E-state index is 13.1. The van der Waals surface area contributed by atoms with E-state index in [0.717, 1.165) is 33.8 Å². The first kappa shape index (κ1) is 22.5. The van der Waals surface area contributed by atoms with Crippen molar-refractivity contribution in [2.45, 2.75) is 39.0 Å². The topological polar surface area (TPSA) is 97.7 Å². The highest BCUT2D eigenvalue weighted by Gasteiger charge is 2.20. The first-order valence-electron chi connectivity index (χ1n) is 10.6. The normalized spacial score (nSPS) is 11.4. The van der Waals surface area contributed by atoms with Gasteiger partial charge in [-0.15, -0.1) is 0 Å². The van der Waals surface area contributed by atoms with Gasteiger partial charge in [0.2, 0.25) is 0 Å². The fourth-order valence-electron chi connectivity index (χ4n) is 3.74. The summed E-state index contributed by atoms with van der Waals surface area (Å²) < 4.78 is 28.9. The van der Waals surface area contributed by atoms with Crippen molar-refractivity contribution in [3.05, 3.63) is 83.8 Å². The van der Waals surface area contributed by atoms with Crippen LogP contribution in [0.3, 0.4) is 0 Å². The van der Waals surface area contributed by atoms with Gasteiger partial charge in [-0.2, -0.15) is 0 Å². The molecule has 8 heteroatoms. The summed E-state index contributed by atoms with van der Waals surface area (Å²) in [5.74, 6) is 0. The maximum absolute atomic E-state index is 13.1. The zero-order valence-corrected chi connectivity index (χ0v) is 19.8. The molecule has 4 rings (SSSR count). The van der Waals surface area contributed by atoms with Gasteiger partial charge in [0, 0.05) is 34.8 Å². The fourth-order valence-corrected chi connectivity index (χ4v) is 5.09. The van der Waals surface area contributed by atoms with Crippen LogP contribution in [0.25, 0.3) is 22.4 Å². The Morgan fingerprint density at radius 1 is 0.909 bits per heavy atom. The molecule has 0 aliphatic rings. The highest BCUT2D eigenvalue weighted by molar-refractivity contribution is 7.92. The van der Waals surface area contributed by atoms with Gasteiger partial charge in [-0.1, -0.05) is 25.1 Å². The second-order valence-electron chi connectivity index (χ2n) is 7.81. The number of aryl methyl sites for hydroxylation is 4. The van der Waals surface area contributed by atoms with Gasteiger partial charge >= 0.3 is 0 Å². The van der Waals surface area contributed by atoms with Crippen molar-refractivity contribution in [1.29, 1.82) is 0 Å². The van der Waals surface area contributed by atoms with Crippen molar-refractivity contribution in [2.24, 2.45) is 0 Å².